The summed E-state index contributed by atoms with van der Waals surface area (Å²) in [5, 5.41) is 7.07. The van der Waals surface area contributed by atoms with E-state index in [1.807, 2.05) is 35.7 Å². The molecule has 0 aliphatic carbocycles. The number of thiazole rings is 1. The van der Waals surface area contributed by atoms with Gasteiger partial charge in [0.2, 0.25) is 5.13 Å². The highest BCUT2D eigenvalue weighted by Gasteiger charge is 2.15. The zero-order chi connectivity index (χ0) is 20.1. The number of piperazine rings is 1. The minimum Gasteiger partial charge on any atom is -0.304 e. The van der Waals surface area contributed by atoms with Gasteiger partial charge in [0, 0.05) is 43.7 Å². The topological polar surface area (TPSA) is 43.8 Å². The standard InChI is InChI=1S/C22H24FN5S/c1-27-9-11-28(12-10-27)15-19-13-20(23)8-7-18(19)14-24-26-22-25-21(16-29-22)17-5-3-2-4-6-17/h2-8,13-14,16H,9-12,15H2,1H3,(H,25,26). The first-order valence-corrected chi connectivity index (χ1v) is 10.5. The molecule has 150 valence electrons. The summed E-state index contributed by atoms with van der Waals surface area (Å²) >= 11 is 1.51. The Morgan fingerprint density at radius 2 is 1.93 bits per heavy atom. The van der Waals surface area contributed by atoms with Crippen LogP contribution in [0, 0.1) is 5.82 Å². The summed E-state index contributed by atoms with van der Waals surface area (Å²) in [6.45, 7) is 4.77. The first-order chi connectivity index (χ1) is 14.2. The molecule has 7 heteroatoms. The maximum atomic E-state index is 13.8. The number of rotatable bonds is 6. The van der Waals surface area contributed by atoms with Gasteiger partial charge in [-0.3, -0.25) is 10.3 Å². The fraction of sp³-hybridized carbons (Fsp3) is 0.273. The number of nitrogens with zero attached hydrogens (tertiary/aromatic N) is 4. The molecule has 3 aromatic rings. The number of hydrazone groups is 1. The van der Waals surface area contributed by atoms with E-state index in [0.29, 0.717) is 0 Å². The van der Waals surface area contributed by atoms with Crippen molar-refractivity contribution in [2.75, 3.05) is 38.7 Å². The van der Waals surface area contributed by atoms with Gasteiger partial charge in [0.25, 0.3) is 0 Å². The van der Waals surface area contributed by atoms with E-state index in [4.69, 9.17) is 0 Å². The van der Waals surface area contributed by atoms with Gasteiger partial charge < -0.3 is 4.90 Å². The fourth-order valence-corrected chi connectivity index (χ4v) is 3.98. The van der Waals surface area contributed by atoms with Crippen LogP contribution in [0.1, 0.15) is 11.1 Å². The normalized spacial score (nSPS) is 15.8. The summed E-state index contributed by atoms with van der Waals surface area (Å²) in [5.41, 5.74) is 6.86. The number of nitrogens with one attached hydrogen (secondary N) is 1. The maximum absolute atomic E-state index is 13.8. The van der Waals surface area contributed by atoms with Crippen LogP contribution in [0.2, 0.25) is 0 Å². The zero-order valence-electron chi connectivity index (χ0n) is 16.4. The predicted molar refractivity (Wildman–Crippen MR) is 118 cm³/mol. The van der Waals surface area contributed by atoms with E-state index in [0.717, 1.165) is 60.2 Å². The Hall–Kier alpha value is -2.61. The molecular weight excluding hydrogens is 385 g/mol. The Labute approximate surface area is 174 Å². The molecule has 1 aromatic heterocycles. The van der Waals surface area contributed by atoms with Gasteiger partial charge in [-0.2, -0.15) is 5.10 Å². The smallest absolute Gasteiger partial charge is 0.203 e. The quantitative estimate of drug-likeness (QED) is 0.491. The largest absolute Gasteiger partial charge is 0.304 e. The second-order valence-corrected chi connectivity index (χ2v) is 8.05. The number of anilines is 1. The average molecular weight is 410 g/mol. The predicted octanol–water partition coefficient (Wildman–Crippen LogP) is 4.14. The molecule has 1 saturated heterocycles. The Balaban J connectivity index is 1.42. The summed E-state index contributed by atoms with van der Waals surface area (Å²) in [6, 6.07) is 14.9. The number of hydrogen-bond acceptors (Lipinski definition) is 6. The van der Waals surface area contributed by atoms with E-state index in [1.54, 1.807) is 18.3 Å². The lowest BCUT2D eigenvalue weighted by Gasteiger charge is -2.32. The van der Waals surface area contributed by atoms with E-state index in [-0.39, 0.29) is 5.82 Å². The molecule has 0 amide bonds. The maximum Gasteiger partial charge on any atom is 0.203 e. The minimum absolute atomic E-state index is 0.216. The van der Waals surface area contributed by atoms with Crippen LogP contribution in [0.3, 0.4) is 0 Å². The van der Waals surface area contributed by atoms with Crippen LogP contribution < -0.4 is 5.43 Å². The van der Waals surface area contributed by atoms with Crippen molar-refractivity contribution in [2.45, 2.75) is 6.54 Å². The summed E-state index contributed by atoms with van der Waals surface area (Å²) in [5.74, 6) is -0.216. The zero-order valence-corrected chi connectivity index (χ0v) is 17.2. The third kappa shape index (κ3) is 5.26. The molecule has 2 aromatic carbocycles. The van der Waals surface area contributed by atoms with Gasteiger partial charge in [0.15, 0.2) is 0 Å². The Kier molecular flexibility index (Phi) is 6.29. The second-order valence-electron chi connectivity index (χ2n) is 7.20. The molecular formula is C22H24FN5S. The first-order valence-electron chi connectivity index (χ1n) is 9.67. The Morgan fingerprint density at radius 3 is 2.72 bits per heavy atom. The number of likely N-dealkylation sites (N-methyl/N-ethyl adjacent to an activating group) is 1. The van der Waals surface area contributed by atoms with Crippen molar-refractivity contribution in [1.82, 2.24) is 14.8 Å². The monoisotopic (exact) mass is 409 g/mol. The molecule has 0 atom stereocenters. The van der Waals surface area contributed by atoms with Crippen molar-refractivity contribution in [2.24, 2.45) is 5.10 Å². The van der Waals surface area contributed by atoms with Crippen molar-refractivity contribution in [3.05, 3.63) is 70.9 Å². The molecule has 1 aliphatic rings. The number of benzene rings is 2. The molecule has 0 unspecified atom stereocenters. The summed E-state index contributed by atoms with van der Waals surface area (Å²) in [6.07, 6.45) is 1.74. The van der Waals surface area contributed by atoms with E-state index >= 15 is 0 Å². The van der Waals surface area contributed by atoms with Gasteiger partial charge in [-0.1, -0.05) is 36.4 Å². The number of hydrogen-bond donors (Lipinski definition) is 1. The van der Waals surface area contributed by atoms with Crippen LogP contribution in [0.25, 0.3) is 11.3 Å². The van der Waals surface area contributed by atoms with Crippen LogP contribution >= 0.6 is 11.3 Å². The molecule has 5 nitrogen and oxygen atoms in total. The van der Waals surface area contributed by atoms with Gasteiger partial charge in [-0.05, 0) is 30.3 Å². The lowest BCUT2D eigenvalue weighted by molar-refractivity contribution is 0.148. The molecule has 1 N–H and O–H groups in total. The Bertz CT molecular complexity index is 964. The molecule has 1 aliphatic heterocycles. The van der Waals surface area contributed by atoms with Crippen molar-refractivity contribution in [3.8, 4) is 11.3 Å². The minimum atomic E-state index is -0.216. The molecule has 4 rings (SSSR count). The molecule has 0 saturated carbocycles. The summed E-state index contributed by atoms with van der Waals surface area (Å²) in [4.78, 5) is 9.23. The SMILES string of the molecule is CN1CCN(Cc2cc(F)ccc2C=NNc2nc(-c3ccccc3)cs2)CC1. The highest BCUT2D eigenvalue weighted by Crippen LogP contribution is 2.24. The third-order valence-electron chi connectivity index (χ3n) is 5.03. The Morgan fingerprint density at radius 1 is 1.14 bits per heavy atom. The number of aromatic nitrogens is 1. The van der Waals surface area contributed by atoms with Crippen molar-refractivity contribution >= 4 is 22.7 Å². The molecule has 1 fully saturated rings. The fourth-order valence-electron chi connectivity index (χ4n) is 3.31. The van der Waals surface area contributed by atoms with Crippen LogP contribution in [-0.4, -0.2) is 54.2 Å². The van der Waals surface area contributed by atoms with Crippen LogP contribution in [0.4, 0.5) is 9.52 Å². The van der Waals surface area contributed by atoms with Gasteiger partial charge in [-0.25, -0.2) is 9.37 Å². The van der Waals surface area contributed by atoms with Crippen molar-refractivity contribution in [1.29, 1.82) is 0 Å². The highest BCUT2D eigenvalue weighted by atomic mass is 32.1. The van der Waals surface area contributed by atoms with Crippen LogP contribution in [0.15, 0.2) is 59.0 Å². The molecule has 0 spiro atoms. The molecule has 0 radical (unpaired) electrons. The second kappa shape index (κ2) is 9.26. The average Bonchev–Trinajstić information content (AvgIpc) is 3.21. The molecule has 0 bridgehead atoms. The van der Waals surface area contributed by atoms with Gasteiger partial charge in [-0.15, -0.1) is 11.3 Å². The van der Waals surface area contributed by atoms with Gasteiger partial charge in [0.1, 0.15) is 5.82 Å². The van der Waals surface area contributed by atoms with Gasteiger partial charge >= 0.3 is 0 Å². The summed E-state index contributed by atoms with van der Waals surface area (Å²) < 4.78 is 13.8. The van der Waals surface area contributed by atoms with Crippen molar-refractivity contribution < 1.29 is 4.39 Å². The van der Waals surface area contributed by atoms with Crippen molar-refractivity contribution in [3.63, 3.8) is 0 Å². The lowest BCUT2D eigenvalue weighted by atomic mass is 10.1. The molecule has 29 heavy (non-hydrogen) atoms. The van der Waals surface area contributed by atoms with E-state index < -0.39 is 0 Å². The highest BCUT2D eigenvalue weighted by molar-refractivity contribution is 7.14. The first kappa shape index (κ1) is 19.7. The molecule has 2 heterocycles. The summed E-state index contributed by atoms with van der Waals surface area (Å²) in [7, 11) is 2.13. The number of halogens is 1. The van der Waals surface area contributed by atoms with E-state index in [1.165, 1.54) is 17.4 Å². The lowest BCUT2D eigenvalue weighted by Crippen LogP contribution is -2.44. The van der Waals surface area contributed by atoms with Gasteiger partial charge in [0.05, 0.1) is 11.9 Å². The van der Waals surface area contributed by atoms with Crippen LogP contribution in [-0.2, 0) is 6.54 Å². The van der Waals surface area contributed by atoms with E-state index in [9.17, 15) is 4.39 Å². The van der Waals surface area contributed by atoms with E-state index in [2.05, 4.69) is 32.4 Å². The van der Waals surface area contributed by atoms with Crippen LogP contribution in [0.5, 0.6) is 0 Å². The third-order valence-corrected chi connectivity index (χ3v) is 5.78.